The van der Waals surface area contributed by atoms with Crippen LogP contribution in [0.25, 0.3) is 98.8 Å². The maximum absolute atomic E-state index is 13.5. The smallest absolute Gasteiger partial charge is 0.309 e. The molecule has 2 heterocycles. The molecule has 282 valence electrons. The van der Waals surface area contributed by atoms with E-state index in [9.17, 15) is 23.7 Å². The molecular weight excluding hydrogens is 750 g/mol. The fourth-order valence-electron chi connectivity index (χ4n) is 9.05. The van der Waals surface area contributed by atoms with Gasteiger partial charge < -0.3 is 9.13 Å². The Balaban J connectivity index is 1.04. The molecule has 7 heteroatoms. The molecule has 0 saturated carbocycles. The lowest BCUT2D eigenvalue weighted by Crippen LogP contribution is -2.04. The average molecular weight is 779 g/mol. The van der Waals surface area contributed by atoms with Crippen LogP contribution in [0, 0.1) is 22.7 Å². The number of benzene rings is 9. The van der Waals surface area contributed by atoms with Crippen LogP contribution in [0.4, 0.5) is 13.2 Å². The minimum Gasteiger partial charge on any atom is -0.309 e. The van der Waals surface area contributed by atoms with Gasteiger partial charge in [-0.05, 0) is 105 Å². The van der Waals surface area contributed by atoms with Gasteiger partial charge in [0.05, 0.1) is 44.8 Å². The zero-order valence-corrected chi connectivity index (χ0v) is 31.7. The highest BCUT2D eigenvalue weighted by Crippen LogP contribution is 2.41. The molecule has 11 rings (SSSR count). The molecular formula is C53H29F3N4. The predicted molar refractivity (Wildman–Crippen MR) is 235 cm³/mol. The van der Waals surface area contributed by atoms with Crippen LogP contribution < -0.4 is 0 Å². The van der Waals surface area contributed by atoms with Crippen LogP contribution in [0.5, 0.6) is 0 Å². The molecule has 0 unspecified atom stereocenters. The molecule has 0 amide bonds. The molecule has 2 aromatic heterocycles. The second kappa shape index (κ2) is 13.2. The van der Waals surface area contributed by atoms with Crippen LogP contribution in [-0.4, -0.2) is 9.13 Å². The summed E-state index contributed by atoms with van der Waals surface area (Å²) >= 11 is 0. The Morgan fingerprint density at radius 2 is 0.917 bits per heavy atom. The average Bonchev–Trinajstić information content (AvgIpc) is 3.80. The first kappa shape index (κ1) is 35.1. The number of nitriles is 2. The van der Waals surface area contributed by atoms with Gasteiger partial charge in [-0.1, -0.05) is 103 Å². The first-order valence-corrected chi connectivity index (χ1v) is 19.4. The highest BCUT2D eigenvalue weighted by molar-refractivity contribution is 6.11. The molecule has 0 saturated heterocycles. The van der Waals surface area contributed by atoms with Crippen molar-refractivity contribution in [1.29, 1.82) is 10.5 Å². The second-order valence-corrected chi connectivity index (χ2v) is 15.1. The molecule has 4 nitrogen and oxygen atoms in total. The van der Waals surface area contributed by atoms with Gasteiger partial charge in [-0.2, -0.15) is 23.7 Å². The largest absolute Gasteiger partial charge is 0.416 e. The summed E-state index contributed by atoms with van der Waals surface area (Å²) in [6, 6.07) is 61.1. The summed E-state index contributed by atoms with van der Waals surface area (Å²) in [5, 5.41) is 28.8. The van der Waals surface area contributed by atoms with Crippen molar-refractivity contribution in [2.45, 2.75) is 6.18 Å². The van der Waals surface area contributed by atoms with Crippen LogP contribution in [0.2, 0.25) is 0 Å². The third kappa shape index (κ3) is 5.37. The molecule has 0 spiro atoms. The molecule has 9 aromatic carbocycles. The van der Waals surface area contributed by atoms with Crippen LogP contribution >= 0.6 is 0 Å². The monoisotopic (exact) mass is 778 g/mol. The Morgan fingerprint density at radius 3 is 1.50 bits per heavy atom. The van der Waals surface area contributed by atoms with E-state index >= 15 is 0 Å². The van der Waals surface area contributed by atoms with Gasteiger partial charge in [-0.3, -0.25) is 0 Å². The van der Waals surface area contributed by atoms with Crippen molar-refractivity contribution in [3.8, 4) is 45.8 Å². The summed E-state index contributed by atoms with van der Waals surface area (Å²) in [5.41, 5.74) is 8.82. The normalized spacial score (nSPS) is 11.9. The van der Waals surface area contributed by atoms with E-state index in [-0.39, 0.29) is 0 Å². The lowest BCUT2D eigenvalue weighted by Gasteiger charge is -2.15. The van der Waals surface area contributed by atoms with Gasteiger partial charge in [0.1, 0.15) is 6.07 Å². The van der Waals surface area contributed by atoms with Crippen molar-refractivity contribution in [2.75, 3.05) is 0 Å². The number of hydrogen-bond acceptors (Lipinski definition) is 2. The first-order valence-electron chi connectivity index (χ1n) is 19.4. The molecule has 11 aromatic rings. The topological polar surface area (TPSA) is 57.4 Å². The van der Waals surface area contributed by atoms with E-state index in [1.807, 2.05) is 60.7 Å². The molecule has 0 bridgehead atoms. The number of alkyl halides is 3. The number of fused-ring (bicyclic) bond motifs is 8. The minimum atomic E-state index is -4.43. The SMILES string of the molecule is N#Cc1ccc(-c2ccc3c4ccccc4n(-c4ccc5cc(C(F)(F)F)ccc5c4)c3c2)c(C#N)c1-c1ccc2cc(-n3c4ccccc4c4ccccc43)ccc2c1. The Bertz CT molecular complexity index is 3630. The highest BCUT2D eigenvalue weighted by atomic mass is 19.4. The maximum atomic E-state index is 13.5. The van der Waals surface area contributed by atoms with Gasteiger partial charge in [-0.15, -0.1) is 0 Å². The minimum absolute atomic E-state index is 0.392. The van der Waals surface area contributed by atoms with E-state index in [0.717, 1.165) is 72.2 Å². The Labute approximate surface area is 341 Å². The number of halogens is 3. The third-order valence-electron chi connectivity index (χ3n) is 11.8. The van der Waals surface area contributed by atoms with E-state index < -0.39 is 11.7 Å². The van der Waals surface area contributed by atoms with Gasteiger partial charge in [-0.25, -0.2) is 0 Å². The zero-order valence-electron chi connectivity index (χ0n) is 31.7. The predicted octanol–water partition coefficient (Wildman–Crippen LogP) is 14.3. The van der Waals surface area contributed by atoms with E-state index in [4.69, 9.17) is 0 Å². The standard InChI is InChI=1S/C53H29F3N4/c54-53(55,56)39-20-15-35-28-41(22-17-33(35)26-39)60-50-12-6-3-9-45(50)46-24-18-36(29-51(46)60)42-23-19-38(30-57)52(47(42)31-58)37-14-13-34-27-40(21-16-32(34)25-37)59-48-10-4-1-7-43(48)44-8-2-5-11-49(44)59/h1-29H. The fourth-order valence-corrected chi connectivity index (χ4v) is 9.05. The van der Waals surface area contributed by atoms with Crippen LogP contribution in [0.15, 0.2) is 176 Å². The Hall–Kier alpha value is -8.13. The molecule has 0 radical (unpaired) electrons. The summed E-state index contributed by atoms with van der Waals surface area (Å²) in [5.74, 6) is 0. The van der Waals surface area contributed by atoms with Crippen molar-refractivity contribution in [3.63, 3.8) is 0 Å². The quantitative estimate of drug-likeness (QED) is 0.179. The van der Waals surface area contributed by atoms with Crippen LogP contribution in [0.3, 0.4) is 0 Å². The summed E-state index contributed by atoms with van der Waals surface area (Å²) in [6.07, 6.45) is -4.43. The maximum Gasteiger partial charge on any atom is 0.416 e. The van der Waals surface area contributed by atoms with Crippen LogP contribution in [-0.2, 0) is 6.18 Å². The van der Waals surface area contributed by atoms with Crippen molar-refractivity contribution >= 4 is 65.2 Å². The molecule has 0 aliphatic rings. The number of para-hydroxylation sites is 3. The highest BCUT2D eigenvalue weighted by Gasteiger charge is 2.30. The molecule has 0 aliphatic carbocycles. The van der Waals surface area contributed by atoms with Crippen molar-refractivity contribution in [1.82, 2.24) is 9.13 Å². The van der Waals surface area contributed by atoms with Gasteiger partial charge >= 0.3 is 6.18 Å². The lowest BCUT2D eigenvalue weighted by molar-refractivity contribution is -0.137. The second-order valence-electron chi connectivity index (χ2n) is 15.1. The lowest BCUT2D eigenvalue weighted by atomic mass is 9.88. The van der Waals surface area contributed by atoms with E-state index in [0.29, 0.717) is 33.0 Å². The Kier molecular flexibility index (Phi) is 7.72. The van der Waals surface area contributed by atoms with Gasteiger partial charge in [0.2, 0.25) is 0 Å². The van der Waals surface area contributed by atoms with Gasteiger partial charge in [0.15, 0.2) is 0 Å². The number of aromatic nitrogens is 2. The summed E-state index contributed by atoms with van der Waals surface area (Å²) in [6.45, 7) is 0. The zero-order chi connectivity index (χ0) is 40.7. The third-order valence-corrected chi connectivity index (χ3v) is 11.8. The first-order chi connectivity index (χ1) is 29.3. The van der Waals surface area contributed by atoms with Crippen molar-refractivity contribution in [3.05, 3.63) is 193 Å². The summed E-state index contributed by atoms with van der Waals surface area (Å²) in [7, 11) is 0. The van der Waals surface area contributed by atoms with Crippen LogP contribution in [0.1, 0.15) is 16.7 Å². The van der Waals surface area contributed by atoms with Gasteiger partial charge in [0, 0.05) is 44.0 Å². The summed E-state index contributed by atoms with van der Waals surface area (Å²) < 4.78 is 45.0. The Morgan fingerprint density at radius 1 is 0.417 bits per heavy atom. The molecule has 0 fully saturated rings. The van der Waals surface area contributed by atoms with Crippen molar-refractivity contribution < 1.29 is 13.2 Å². The number of rotatable bonds is 4. The number of nitrogens with zero attached hydrogens (tertiary/aromatic N) is 4. The van der Waals surface area contributed by atoms with E-state index in [1.54, 1.807) is 12.1 Å². The fraction of sp³-hybridized carbons (Fsp3) is 0.0189. The summed E-state index contributed by atoms with van der Waals surface area (Å²) in [4.78, 5) is 0. The van der Waals surface area contributed by atoms with E-state index in [2.05, 4.69) is 106 Å². The molecule has 0 atom stereocenters. The molecule has 0 N–H and O–H groups in total. The number of hydrogen-bond donors (Lipinski definition) is 0. The van der Waals surface area contributed by atoms with E-state index in [1.165, 1.54) is 22.9 Å². The van der Waals surface area contributed by atoms with Gasteiger partial charge in [0.25, 0.3) is 0 Å². The molecule has 0 aliphatic heterocycles. The van der Waals surface area contributed by atoms with Crippen molar-refractivity contribution in [2.24, 2.45) is 0 Å². The molecule has 60 heavy (non-hydrogen) atoms.